The summed E-state index contributed by atoms with van der Waals surface area (Å²) in [6.07, 6.45) is 1.32. The summed E-state index contributed by atoms with van der Waals surface area (Å²) in [4.78, 5) is 21.8. The third kappa shape index (κ3) is 6.10. The van der Waals surface area contributed by atoms with Crippen molar-refractivity contribution in [2.24, 2.45) is 0 Å². The minimum Gasteiger partial charge on any atom is -0.444 e. The first kappa shape index (κ1) is 13.9. The molecule has 0 spiro atoms. The standard InChI is InChI=1S/C11H21NO3/c1-6-11(4,5)15-9(14)12-10(2,3)7-8-13/h8H,6-7H2,1-5H3,(H,12,14). The summed E-state index contributed by atoms with van der Waals surface area (Å²) in [6, 6.07) is 0. The molecule has 0 aliphatic heterocycles. The summed E-state index contributed by atoms with van der Waals surface area (Å²) >= 11 is 0. The van der Waals surface area contributed by atoms with Crippen molar-refractivity contribution in [3.63, 3.8) is 0 Å². The zero-order valence-corrected chi connectivity index (χ0v) is 10.2. The van der Waals surface area contributed by atoms with Gasteiger partial charge in [0.1, 0.15) is 11.9 Å². The third-order valence-electron chi connectivity index (χ3n) is 2.25. The molecule has 0 bridgehead atoms. The molecule has 0 unspecified atom stereocenters. The van der Waals surface area contributed by atoms with Crippen molar-refractivity contribution in [2.45, 2.75) is 58.6 Å². The van der Waals surface area contributed by atoms with E-state index in [9.17, 15) is 9.59 Å². The first-order valence-electron chi connectivity index (χ1n) is 5.17. The number of hydrogen-bond acceptors (Lipinski definition) is 3. The Morgan fingerprint density at radius 2 is 1.87 bits per heavy atom. The molecule has 0 radical (unpaired) electrons. The van der Waals surface area contributed by atoms with E-state index < -0.39 is 17.2 Å². The molecule has 0 aliphatic rings. The molecule has 4 heteroatoms. The zero-order valence-electron chi connectivity index (χ0n) is 10.2. The maximum atomic E-state index is 11.5. The highest BCUT2D eigenvalue weighted by Gasteiger charge is 2.25. The second-order valence-electron chi connectivity index (χ2n) is 4.88. The van der Waals surface area contributed by atoms with Gasteiger partial charge in [-0.15, -0.1) is 0 Å². The molecule has 88 valence electrons. The van der Waals surface area contributed by atoms with Crippen LogP contribution in [0, 0.1) is 0 Å². The Morgan fingerprint density at radius 3 is 2.27 bits per heavy atom. The molecule has 0 rings (SSSR count). The lowest BCUT2D eigenvalue weighted by Gasteiger charge is -2.28. The van der Waals surface area contributed by atoms with Gasteiger partial charge in [-0.1, -0.05) is 6.92 Å². The highest BCUT2D eigenvalue weighted by atomic mass is 16.6. The van der Waals surface area contributed by atoms with Gasteiger partial charge in [0, 0.05) is 12.0 Å². The van der Waals surface area contributed by atoms with Crippen LogP contribution in [0.2, 0.25) is 0 Å². The van der Waals surface area contributed by atoms with Crippen LogP contribution in [0.5, 0.6) is 0 Å². The number of ether oxygens (including phenoxy) is 1. The molecule has 0 fully saturated rings. The maximum absolute atomic E-state index is 11.5. The highest BCUT2D eigenvalue weighted by Crippen LogP contribution is 2.15. The molecule has 1 N–H and O–H groups in total. The molecule has 0 aromatic heterocycles. The van der Waals surface area contributed by atoms with Crippen LogP contribution in [0.4, 0.5) is 4.79 Å². The van der Waals surface area contributed by atoms with Gasteiger partial charge in [0.05, 0.1) is 0 Å². The molecule has 4 nitrogen and oxygen atoms in total. The topological polar surface area (TPSA) is 55.4 Å². The maximum Gasteiger partial charge on any atom is 0.408 e. The van der Waals surface area contributed by atoms with Crippen molar-refractivity contribution in [2.75, 3.05) is 0 Å². The normalized spacial score (nSPS) is 12.1. The molecule has 0 aromatic rings. The van der Waals surface area contributed by atoms with Crippen molar-refractivity contribution in [3.8, 4) is 0 Å². The number of hydrogen-bond donors (Lipinski definition) is 1. The fraction of sp³-hybridized carbons (Fsp3) is 0.818. The molecule has 1 amide bonds. The first-order valence-corrected chi connectivity index (χ1v) is 5.17. The van der Waals surface area contributed by atoms with Crippen molar-refractivity contribution in [1.29, 1.82) is 0 Å². The summed E-state index contributed by atoms with van der Waals surface area (Å²) in [5, 5.41) is 2.66. The second kappa shape index (κ2) is 5.14. The molecule has 0 atom stereocenters. The number of carbonyl (C=O) groups is 2. The minimum atomic E-state index is -0.553. The fourth-order valence-corrected chi connectivity index (χ4v) is 0.884. The molecule has 0 saturated carbocycles. The lowest BCUT2D eigenvalue weighted by atomic mass is 10.0. The summed E-state index contributed by atoms with van der Waals surface area (Å²) in [5.74, 6) is 0. The van der Waals surface area contributed by atoms with Gasteiger partial charge in [0.15, 0.2) is 0 Å². The predicted molar refractivity (Wildman–Crippen MR) is 58.7 cm³/mol. The van der Waals surface area contributed by atoms with Gasteiger partial charge in [0.2, 0.25) is 0 Å². The largest absolute Gasteiger partial charge is 0.444 e. The van der Waals surface area contributed by atoms with Crippen LogP contribution < -0.4 is 5.32 Å². The highest BCUT2D eigenvalue weighted by molar-refractivity contribution is 5.69. The van der Waals surface area contributed by atoms with Crippen LogP contribution in [0.1, 0.15) is 47.5 Å². The molecule has 0 heterocycles. The summed E-state index contributed by atoms with van der Waals surface area (Å²) < 4.78 is 5.20. The van der Waals surface area contributed by atoms with Gasteiger partial charge < -0.3 is 14.8 Å². The number of nitrogens with one attached hydrogen (secondary N) is 1. The number of aldehydes is 1. The second-order valence-corrected chi connectivity index (χ2v) is 4.88. The van der Waals surface area contributed by atoms with E-state index in [4.69, 9.17) is 4.74 Å². The molecule has 15 heavy (non-hydrogen) atoms. The van der Waals surface area contributed by atoms with Crippen LogP contribution in [0.3, 0.4) is 0 Å². The molecular formula is C11H21NO3. The van der Waals surface area contributed by atoms with Crippen molar-refractivity contribution < 1.29 is 14.3 Å². The molecule has 0 saturated heterocycles. The minimum absolute atomic E-state index is 0.272. The number of alkyl carbamates (subject to hydrolysis) is 1. The van der Waals surface area contributed by atoms with E-state index in [1.807, 2.05) is 20.8 Å². The van der Waals surface area contributed by atoms with E-state index in [2.05, 4.69) is 5.32 Å². The average Bonchev–Trinajstić information content (AvgIpc) is 2.01. The van der Waals surface area contributed by atoms with Crippen LogP contribution in [0.15, 0.2) is 0 Å². The molecular weight excluding hydrogens is 194 g/mol. The number of rotatable bonds is 5. The fourth-order valence-electron chi connectivity index (χ4n) is 0.884. The van der Waals surface area contributed by atoms with E-state index in [0.29, 0.717) is 0 Å². The SMILES string of the molecule is CCC(C)(C)OC(=O)NC(C)(C)CC=O. The van der Waals surface area contributed by atoms with Gasteiger partial charge in [-0.3, -0.25) is 0 Å². The number of carbonyl (C=O) groups excluding carboxylic acids is 2. The Balaban J connectivity index is 4.20. The van der Waals surface area contributed by atoms with Crippen molar-refractivity contribution in [1.82, 2.24) is 5.32 Å². The lowest BCUT2D eigenvalue weighted by molar-refractivity contribution is -0.108. The average molecular weight is 215 g/mol. The van der Waals surface area contributed by atoms with Gasteiger partial charge in [-0.25, -0.2) is 4.79 Å². The smallest absolute Gasteiger partial charge is 0.408 e. The van der Waals surface area contributed by atoms with Crippen LogP contribution >= 0.6 is 0 Å². The van der Waals surface area contributed by atoms with Gasteiger partial charge in [-0.05, 0) is 34.1 Å². The lowest BCUT2D eigenvalue weighted by Crippen LogP contribution is -2.46. The first-order chi connectivity index (χ1) is 6.72. The van der Waals surface area contributed by atoms with Crippen molar-refractivity contribution >= 4 is 12.4 Å². The summed E-state index contributed by atoms with van der Waals surface area (Å²) in [5.41, 5.74) is -1.02. The Hall–Kier alpha value is -1.06. The van der Waals surface area contributed by atoms with E-state index in [0.717, 1.165) is 12.7 Å². The molecule has 0 aromatic carbocycles. The Morgan fingerprint density at radius 1 is 1.33 bits per heavy atom. The van der Waals surface area contributed by atoms with Gasteiger partial charge >= 0.3 is 6.09 Å². The monoisotopic (exact) mass is 215 g/mol. The quantitative estimate of drug-likeness (QED) is 0.716. The Bertz CT molecular complexity index is 234. The third-order valence-corrected chi connectivity index (χ3v) is 2.25. The van der Waals surface area contributed by atoms with E-state index in [-0.39, 0.29) is 6.42 Å². The van der Waals surface area contributed by atoms with Crippen LogP contribution in [0.25, 0.3) is 0 Å². The van der Waals surface area contributed by atoms with E-state index in [1.54, 1.807) is 13.8 Å². The van der Waals surface area contributed by atoms with E-state index >= 15 is 0 Å². The predicted octanol–water partition coefficient (Wildman–Crippen LogP) is 2.27. The summed E-state index contributed by atoms with van der Waals surface area (Å²) in [6.45, 7) is 9.20. The molecule has 0 aliphatic carbocycles. The van der Waals surface area contributed by atoms with Crippen LogP contribution in [-0.4, -0.2) is 23.5 Å². The summed E-state index contributed by atoms with van der Waals surface area (Å²) in [7, 11) is 0. The Labute approximate surface area is 91.4 Å². The van der Waals surface area contributed by atoms with Crippen molar-refractivity contribution in [3.05, 3.63) is 0 Å². The van der Waals surface area contributed by atoms with Gasteiger partial charge in [0.25, 0.3) is 0 Å². The van der Waals surface area contributed by atoms with E-state index in [1.165, 1.54) is 0 Å². The van der Waals surface area contributed by atoms with Crippen LogP contribution in [-0.2, 0) is 9.53 Å². The zero-order chi connectivity index (χ0) is 12.1. The van der Waals surface area contributed by atoms with Gasteiger partial charge in [-0.2, -0.15) is 0 Å². The Kier molecular flexibility index (Phi) is 4.78. The number of amides is 1.